The van der Waals surface area contributed by atoms with Gasteiger partial charge in [0.1, 0.15) is 0 Å². The van der Waals surface area contributed by atoms with Crippen LogP contribution in [-0.4, -0.2) is 51.0 Å². The first-order valence-corrected chi connectivity index (χ1v) is 9.48. The highest BCUT2D eigenvalue weighted by Gasteiger charge is 2.29. The topological polar surface area (TPSA) is 63.1 Å². The van der Waals surface area contributed by atoms with Crippen LogP contribution in [0.15, 0.2) is 24.3 Å². The summed E-state index contributed by atoms with van der Waals surface area (Å²) < 4.78 is 0. The van der Waals surface area contributed by atoms with Gasteiger partial charge in [0.2, 0.25) is 0 Å². The van der Waals surface area contributed by atoms with Crippen molar-refractivity contribution in [2.75, 3.05) is 19.6 Å². The molecule has 1 amide bonds. The predicted molar refractivity (Wildman–Crippen MR) is 103 cm³/mol. The largest absolute Gasteiger partial charge is 0.349 e. The Morgan fingerprint density at radius 1 is 1.23 bits per heavy atom. The average molecular weight is 376 g/mol. The van der Waals surface area contributed by atoms with Crippen LogP contribution >= 0.6 is 11.6 Å². The maximum atomic E-state index is 12.6. The van der Waals surface area contributed by atoms with E-state index < -0.39 is 0 Å². The van der Waals surface area contributed by atoms with Crippen molar-refractivity contribution in [3.8, 4) is 5.69 Å². The third-order valence-electron chi connectivity index (χ3n) is 4.93. The molecule has 1 saturated heterocycles. The number of hydrogen-bond acceptors (Lipinski definition) is 4. The van der Waals surface area contributed by atoms with Gasteiger partial charge in [0.25, 0.3) is 5.91 Å². The van der Waals surface area contributed by atoms with Gasteiger partial charge in [0.05, 0.1) is 11.4 Å². The lowest BCUT2D eigenvalue weighted by atomic mass is 9.98. The Morgan fingerprint density at radius 2 is 1.96 bits per heavy atom. The molecule has 1 aliphatic rings. The number of piperidine rings is 1. The number of benzene rings is 1. The number of nitrogens with one attached hydrogen (secondary N) is 1. The van der Waals surface area contributed by atoms with E-state index in [2.05, 4.69) is 34.3 Å². The second kappa shape index (κ2) is 7.76. The van der Waals surface area contributed by atoms with Crippen molar-refractivity contribution in [3.05, 3.63) is 40.7 Å². The van der Waals surface area contributed by atoms with E-state index in [0.29, 0.717) is 23.0 Å². The van der Waals surface area contributed by atoms with Crippen LogP contribution in [-0.2, 0) is 0 Å². The number of aryl methyl sites for hydroxylation is 1. The fourth-order valence-electron chi connectivity index (χ4n) is 3.30. The number of likely N-dealkylation sites (tertiary alicyclic amines) is 1. The summed E-state index contributed by atoms with van der Waals surface area (Å²) in [6, 6.07) is 7.24. The summed E-state index contributed by atoms with van der Waals surface area (Å²) in [5.41, 5.74) is 1.60. The van der Waals surface area contributed by atoms with Crippen LogP contribution in [0.25, 0.3) is 5.69 Å². The van der Waals surface area contributed by atoms with Crippen LogP contribution in [0.2, 0.25) is 5.02 Å². The molecule has 1 fully saturated rings. The average Bonchev–Trinajstić information content (AvgIpc) is 3.02. The Bertz CT molecular complexity index is 780. The van der Waals surface area contributed by atoms with Crippen molar-refractivity contribution >= 4 is 17.5 Å². The molecule has 1 N–H and O–H groups in total. The zero-order valence-electron chi connectivity index (χ0n) is 15.6. The van der Waals surface area contributed by atoms with Gasteiger partial charge >= 0.3 is 0 Å². The minimum atomic E-state index is -0.194. The fourth-order valence-corrected chi connectivity index (χ4v) is 3.48. The van der Waals surface area contributed by atoms with Crippen molar-refractivity contribution in [1.82, 2.24) is 25.2 Å². The summed E-state index contributed by atoms with van der Waals surface area (Å²) in [6.45, 7) is 8.90. The van der Waals surface area contributed by atoms with Gasteiger partial charge in [-0.25, -0.2) is 0 Å². The first-order valence-electron chi connectivity index (χ1n) is 9.10. The highest BCUT2D eigenvalue weighted by atomic mass is 35.5. The number of carbonyl (C=O) groups excluding carboxylic acids is 1. The van der Waals surface area contributed by atoms with Gasteiger partial charge in [0.15, 0.2) is 5.69 Å². The fraction of sp³-hybridized carbons (Fsp3) is 0.526. The van der Waals surface area contributed by atoms with Crippen molar-refractivity contribution < 1.29 is 4.79 Å². The number of carbonyl (C=O) groups is 1. The molecule has 0 saturated carbocycles. The number of hydrogen-bond donors (Lipinski definition) is 1. The first-order chi connectivity index (χ1) is 12.4. The number of nitrogens with zero attached hydrogens (tertiary/aromatic N) is 4. The van der Waals surface area contributed by atoms with E-state index in [1.54, 1.807) is 19.1 Å². The summed E-state index contributed by atoms with van der Waals surface area (Å²) in [7, 11) is 0. The van der Waals surface area contributed by atoms with Crippen LogP contribution < -0.4 is 5.32 Å². The maximum absolute atomic E-state index is 12.6. The minimum absolute atomic E-state index is 0.0765. The molecule has 0 unspecified atom stereocenters. The molecule has 7 heteroatoms. The van der Waals surface area contributed by atoms with E-state index in [1.165, 1.54) is 24.1 Å². The van der Waals surface area contributed by atoms with Gasteiger partial charge in [0, 0.05) is 17.1 Å². The maximum Gasteiger partial charge on any atom is 0.273 e. The summed E-state index contributed by atoms with van der Waals surface area (Å²) in [5.74, 6) is -0.194. The Labute approximate surface area is 159 Å². The molecular weight excluding hydrogens is 350 g/mol. The highest BCUT2D eigenvalue weighted by molar-refractivity contribution is 6.30. The summed E-state index contributed by atoms with van der Waals surface area (Å²) in [4.78, 5) is 16.5. The van der Waals surface area contributed by atoms with E-state index in [-0.39, 0.29) is 11.4 Å². The SMILES string of the molecule is Cc1nn(-c2cccc(Cl)c2)nc1C(=O)NCC(C)(C)N1CCCCC1. The third-order valence-corrected chi connectivity index (χ3v) is 5.17. The van der Waals surface area contributed by atoms with E-state index in [0.717, 1.165) is 18.8 Å². The molecule has 2 heterocycles. The van der Waals surface area contributed by atoms with Gasteiger partial charge in [-0.3, -0.25) is 9.69 Å². The van der Waals surface area contributed by atoms with Gasteiger partial charge in [-0.05, 0) is 64.9 Å². The van der Waals surface area contributed by atoms with Crippen LogP contribution in [0.3, 0.4) is 0 Å². The molecule has 1 aromatic carbocycles. The highest BCUT2D eigenvalue weighted by Crippen LogP contribution is 2.20. The van der Waals surface area contributed by atoms with Crippen LogP contribution in [0.4, 0.5) is 0 Å². The molecule has 0 atom stereocenters. The van der Waals surface area contributed by atoms with Crippen LogP contribution in [0.5, 0.6) is 0 Å². The molecule has 2 aromatic rings. The Morgan fingerprint density at radius 3 is 2.65 bits per heavy atom. The predicted octanol–water partition coefficient (Wildman–Crippen LogP) is 3.22. The molecule has 26 heavy (non-hydrogen) atoms. The monoisotopic (exact) mass is 375 g/mol. The quantitative estimate of drug-likeness (QED) is 0.871. The second-order valence-electron chi connectivity index (χ2n) is 7.45. The van der Waals surface area contributed by atoms with E-state index in [9.17, 15) is 4.79 Å². The lowest BCUT2D eigenvalue weighted by Crippen LogP contribution is -2.53. The molecule has 0 spiro atoms. The van der Waals surface area contributed by atoms with E-state index in [4.69, 9.17) is 11.6 Å². The molecule has 1 aromatic heterocycles. The standard InChI is InChI=1S/C19H26ClN5O/c1-14-17(23-25(22-14)16-9-7-8-15(20)12-16)18(26)21-13-19(2,3)24-10-5-4-6-11-24/h7-9,12H,4-6,10-11,13H2,1-3H3,(H,21,26). The normalized spacial score (nSPS) is 15.8. The second-order valence-corrected chi connectivity index (χ2v) is 7.88. The molecule has 0 bridgehead atoms. The van der Waals surface area contributed by atoms with Gasteiger partial charge < -0.3 is 5.32 Å². The molecule has 1 aliphatic heterocycles. The summed E-state index contributed by atoms with van der Waals surface area (Å²) in [6.07, 6.45) is 3.75. The number of halogens is 1. The zero-order chi connectivity index (χ0) is 18.7. The number of rotatable bonds is 5. The molecule has 0 radical (unpaired) electrons. The van der Waals surface area contributed by atoms with Gasteiger partial charge in [-0.2, -0.15) is 9.90 Å². The summed E-state index contributed by atoms with van der Waals surface area (Å²) >= 11 is 6.02. The minimum Gasteiger partial charge on any atom is -0.349 e. The van der Waals surface area contributed by atoms with Crippen molar-refractivity contribution in [2.45, 2.75) is 45.6 Å². The smallest absolute Gasteiger partial charge is 0.273 e. The van der Waals surface area contributed by atoms with Crippen molar-refractivity contribution in [1.29, 1.82) is 0 Å². The molecule has 140 valence electrons. The lowest BCUT2D eigenvalue weighted by Gasteiger charge is -2.41. The number of aromatic nitrogens is 3. The van der Waals surface area contributed by atoms with Crippen LogP contribution in [0, 0.1) is 6.92 Å². The Hall–Kier alpha value is -1.92. The first kappa shape index (κ1) is 18.9. The third kappa shape index (κ3) is 4.24. The Kier molecular flexibility index (Phi) is 5.63. The van der Waals surface area contributed by atoms with Gasteiger partial charge in [-0.15, -0.1) is 5.10 Å². The van der Waals surface area contributed by atoms with Gasteiger partial charge in [-0.1, -0.05) is 24.1 Å². The van der Waals surface area contributed by atoms with E-state index >= 15 is 0 Å². The van der Waals surface area contributed by atoms with E-state index in [1.807, 2.05) is 12.1 Å². The molecule has 6 nitrogen and oxygen atoms in total. The molecule has 0 aliphatic carbocycles. The van der Waals surface area contributed by atoms with Crippen LogP contribution in [0.1, 0.15) is 49.3 Å². The molecular formula is C19H26ClN5O. The molecule has 3 rings (SSSR count). The lowest BCUT2D eigenvalue weighted by molar-refractivity contribution is 0.0793. The van der Waals surface area contributed by atoms with Crippen molar-refractivity contribution in [2.24, 2.45) is 0 Å². The number of amides is 1. The summed E-state index contributed by atoms with van der Waals surface area (Å²) in [5, 5.41) is 12.3. The zero-order valence-corrected chi connectivity index (χ0v) is 16.4. The van der Waals surface area contributed by atoms with Crippen molar-refractivity contribution in [3.63, 3.8) is 0 Å². The Balaban J connectivity index is 1.68.